The van der Waals surface area contributed by atoms with Crippen molar-refractivity contribution < 1.29 is 28.5 Å². The molecule has 1 aromatic heterocycles. The van der Waals surface area contributed by atoms with E-state index in [1.807, 2.05) is 12.1 Å². The van der Waals surface area contributed by atoms with Crippen LogP contribution >= 0.6 is 50.5 Å². The van der Waals surface area contributed by atoms with Gasteiger partial charge in [0.25, 0.3) is 5.56 Å². The molecule has 0 aliphatic carbocycles. The Hall–Kier alpha value is -3.77. The van der Waals surface area contributed by atoms with Crippen LogP contribution in [0.4, 0.5) is 0 Å². The lowest BCUT2D eigenvalue weighted by molar-refractivity contribution is -0.139. The lowest BCUT2D eigenvalue weighted by Crippen LogP contribution is -2.40. The number of hydrogen-bond acceptors (Lipinski definition) is 9. The third-order valence-corrected chi connectivity index (χ3v) is 9.59. The van der Waals surface area contributed by atoms with Crippen molar-refractivity contribution in [2.75, 3.05) is 27.9 Å². The van der Waals surface area contributed by atoms with Crippen LogP contribution in [0.5, 0.6) is 23.0 Å². The number of fused-ring (bicyclic) bond motifs is 1. The van der Waals surface area contributed by atoms with Crippen molar-refractivity contribution in [3.05, 3.63) is 111 Å². The molecule has 0 radical (unpaired) electrons. The van der Waals surface area contributed by atoms with Crippen molar-refractivity contribution in [1.82, 2.24) is 4.57 Å². The molecule has 0 amide bonds. The quantitative estimate of drug-likeness (QED) is 0.172. The molecule has 1 atom stereocenters. The Morgan fingerprint density at radius 1 is 0.978 bits per heavy atom. The summed E-state index contributed by atoms with van der Waals surface area (Å²) in [4.78, 5) is 32.5. The van der Waals surface area contributed by atoms with Crippen LogP contribution in [0.25, 0.3) is 6.08 Å². The molecule has 240 valence electrons. The lowest BCUT2D eigenvalue weighted by atomic mass is 9.95. The molecule has 13 heteroatoms. The summed E-state index contributed by atoms with van der Waals surface area (Å²) in [7, 11) is 4.59. The average Bonchev–Trinajstić information content (AvgIpc) is 3.34. The Morgan fingerprint density at radius 2 is 1.67 bits per heavy atom. The van der Waals surface area contributed by atoms with E-state index in [0.29, 0.717) is 63.7 Å². The van der Waals surface area contributed by atoms with Crippen LogP contribution in [0.15, 0.2) is 74.1 Å². The zero-order chi connectivity index (χ0) is 33.1. The number of halogens is 3. The van der Waals surface area contributed by atoms with E-state index in [-0.39, 0.29) is 24.3 Å². The summed E-state index contributed by atoms with van der Waals surface area (Å²) in [6.07, 6.45) is 1.75. The number of methoxy groups -OCH3 is 3. The van der Waals surface area contributed by atoms with Crippen molar-refractivity contribution in [3.8, 4) is 23.0 Å². The third kappa shape index (κ3) is 6.69. The Labute approximate surface area is 287 Å². The number of benzene rings is 3. The molecule has 0 saturated heterocycles. The number of thiazole rings is 1. The monoisotopic (exact) mass is 746 g/mol. The van der Waals surface area contributed by atoms with E-state index in [9.17, 15) is 9.59 Å². The average molecular weight is 748 g/mol. The second-order valence-corrected chi connectivity index (χ2v) is 12.7. The van der Waals surface area contributed by atoms with Gasteiger partial charge in [-0.3, -0.25) is 9.36 Å². The van der Waals surface area contributed by atoms with Gasteiger partial charge in [-0.1, -0.05) is 62.6 Å². The van der Waals surface area contributed by atoms with E-state index >= 15 is 0 Å². The smallest absolute Gasteiger partial charge is 0.338 e. The molecule has 0 fully saturated rings. The van der Waals surface area contributed by atoms with Crippen LogP contribution in [0.2, 0.25) is 10.0 Å². The van der Waals surface area contributed by atoms with Gasteiger partial charge in [-0.25, -0.2) is 9.79 Å². The molecule has 5 rings (SSSR count). The highest BCUT2D eigenvalue weighted by atomic mass is 79.9. The summed E-state index contributed by atoms with van der Waals surface area (Å²) in [5, 5.41) is 0.907. The number of allylic oxidation sites excluding steroid dienone is 1. The van der Waals surface area contributed by atoms with Gasteiger partial charge in [0.05, 0.1) is 59.8 Å². The summed E-state index contributed by atoms with van der Waals surface area (Å²) in [5.74, 6) is 1.36. The van der Waals surface area contributed by atoms with Gasteiger partial charge in [-0.2, -0.15) is 0 Å². The highest BCUT2D eigenvalue weighted by molar-refractivity contribution is 9.10. The number of aromatic nitrogens is 1. The first-order chi connectivity index (χ1) is 22.1. The molecular formula is C33H29BrCl2N2O7S. The fourth-order valence-electron chi connectivity index (χ4n) is 5.00. The van der Waals surface area contributed by atoms with Crippen molar-refractivity contribution >= 4 is 62.5 Å². The van der Waals surface area contributed by atoms with Crippen LogP contribution in [-0.2, 0) is 16.1 Å². The van der Waals surface area contributed by atoms with Crippen molar-refractivity contribution in [3.63, 3.8) is 0 Å². The lowest BCUT2D eigenvalue weighted by Gasteiger charge is -2.26. The predicted molar refractivity (Wildman–Crippen MR) is 181 cm³/mol. The highest BCUT2D eigenvalue weighted by Gasteiger charge is 2.35. The largest absolute Gasteiger partial charge is 0.493 e. The predicted octanol–water partition coefficient (Wildman–Crippen LogP) is 6.47. The minimum absolute atomic E-state index is 0.162. The first kappa shape index (κ1) is 33.6. The zero-order valence-electron chi connectivity index (χ0n) is 25.5. The molecule has 0 spiro atoms. The molecule has 1 aliphatic rings. The van der Waals surface area contributed by atoms with Gasteiger partial charge < -0.3 is 23.7 Å². The Bertz CT molecular complexity index is 2040. The Kier molecular flexibility index (Phi) is 10.5. The van der Waals surface area contributed by atoms with E-state index < -0.39 is 12.0 Å². The van der Waals surface area contributed by atoms with Crippen LogP contribution in [0, 0.1) is 0 Å². The molecule has 2 heterocycles. The van der Waals surface area contributed by atoms with Crippen LogP contribution in [0.3, 0.4) is 0 Å². The van der Waals surface area contributed by atoms with E-state index in [1.54, 1.807) is 63.4 Å². The normalized spacial score (nSPS) is 14.4. The molecule has 0 bridgehead atoms. The second kappa shape index (κ2) is 14.3. The SMILES string of the molecule is CCOC(=O)C1=C(C)N=c2s/c(=C\c3ccc(OCc4ccc(Cl)c(Cl)c4)c(OC)c3)c(=O)n2[C@@H]1c1cc(OC)c(OC)cc1Br. The van der Waals surface area contributed by atoms with E-state index in [1.165, 1.54) is 30.1 Å². The van der Waals surface area contributed by atoms with E-state index in [4.69, 9.17) is 46.9 Å². The van der Waals surface area contributed by atoms with Crippen LogP contribution in [-0.4, -0.2) is 38.5 Å². The second-order valence-electron chi connectivity index (χ2n) is 9.98. The molecule has 3 aromatic carbocycles. The topological polar surface area (TPSA) is 97.6 Å². The highest BCUT2D eigenvalue weighted by Crippen LogP contribution is 2.41. The first-order valence-electron chi connectivity index (χ1n) is 14.0. The summed E-state index contributed by atoms with van der Waals surface area (Å²) in [6.45, 7) is 3.86. The van der Waals surface area contributed by atoms with Gasteiger partial charge in [0.15, 0.2) is 27.8 Å². The van der Waals surface area contributed by atoms with Crippen LogP contribution < -0.4 is 33.8 Å². The van der Waals surface area contributed by atoms with Gasteiger partial charge in [0, 0.05) is 4.47 Å². The van der Waals surface area contributed by atoms with Gasteiger partial charge >= 0.3 is 5.97 Å². The summed E-state index contributed by atoms with van der Waals surface area (Å²) >= 11 is 17.0. The van der Waals surface area contributed by atoms with Crippen molar-refractivity contribution in [1.29, 1.82) is 0 Å². The molecule has 46 heavy (non-hydrogen) atoms. The summed E-state index contributed by atoms with van der Waals surface area (Å²) in [5.41, 5.74) is 2.52. The first-order valence-corrected chi connectivity index (χ1v) is 16.3. The molecule has 0 unspecified atom stereocenters. The maximum atomic E-state index is 14.1. The fraction of sp³-hybridized carbons (Fsp3) is 0.242. The fourth-order valence-corrected chi connectivity index (χ4v) is 6.91. The molecule has 1 aliphatic heterocycles. The minimum Gasteiger partial charge on any atom is -0.493 e. The number of nitrogens with zero attached hydrogens (tertiary/aromatic N) is 2. The van der Waals surface area contributed by atoms with E-state index in [2.05, 4.69) is 20.9 Å². The zero-order valence-corrected chi connectivity index (χ0v) is 29.4. The van der Waals surface area contributed by atoms with Crippen LogP contribution in [0.1, 0.15) is 36.6 Å². The number of carbonyl (C=O) groups is 1. The number of ether oxygens (including phenoxy) is 5. The number of hydrogen-bond donors (Lipinski definition) is 0. The maximum Gasteiger partial charge on any atom is 0.338 e. The number of carbonyl (C=O) groups excluding carboxylic acids is 1. The molecule has 0 N–H and O–H groups in total. The molecule has 0 saturated carbocycles. The van der Waals surface area contributed by atoms with Crippen molar-refractivity contribution in [2.24, 2.45) is 4.99 Å². The maximum absolute atomic E-state index is 14.1. The Morgan fingerprint density at radius 3 is 2.35 bits per heavy atom. The summed E-state index contributed by atoms with van der Waals surface area (Å²) < 4.78 is 30.5. The Balaban J connectivity index is 1.58. The van der Waals surface area contributed by atoms with Gasteiger partial charge in [-0.15, -0.1) is 0 Å². The van der Waals surface area contributed by atoms with E-state index in [0.717, 1.165) is 5.56 Å². The third-order valence-electron chi connectivity index (χ3n) is 7.18. The van der Waals surface area contributed by atoms with Gasteiger partial charge in [0.1, 0.15) is 6.61 Å². The molecule has 4 aromatic rings. The van der Waals surface area contributed by atoms with Gasteiger partial charge in [-0.05, 0) is 73.0 Å². The molecular weight excluding hydrogens is 719 g/mol. The minimum atomic E-state index is -0.849. The molecule has 9 nitrogen and oxygen atoms in total. The van der Waals surface area contributed by atoms with Crippen molar-refractivity contribution in [2.45, 2.75) is 26.5 Å². The number of esters is 1. The standard InChI is InChI=1S/C33H29BrCl2N2O7S/c1-6-44-32(40)29-17(2)37-33-38(30(29)20-14-26(42-4)27(43-5)15-21(20)34)31(39)28(46-33)13-18-8-10-24(25(12-18)41-3)45-16-19-7-9-22(35)23(36)11-19/h7-15,30H,6,16H2,1-5H3/b28-13-/t30-/m1/s1. The number of rotatable bonds is 10. The van der Waals surface area contributed by atoms with Gasteiger partial charge in [0.2, 0.25) is 0 Å². The summed E-state index contributed by atoms with van der Waals surface area (Å²) in [6, 6.07) is 13.3.